The van der Waals surface area contributed by atoms with E-state index in [1.807, 2.05) is 31.2 Å². The van der Waals surface area contributed by atoms with Gasteiger partial charge in [-0.15, -0.1) is 0 Å². The van der Waals surface area contributed by atoms with E-state index in [-0.39, 0.29) is 23.2 Å². The van der Waals surface area contributed by atoms with Crippen LogP contribution in [-0.2, 0) is 14.3 Å². The minimum atomic E-state index is -0.876. The summed E-state index contributed by atoms with van der Waals surface area (Å²) >= 11 is 3.37. The van der Waals surface area contributed by atoms with Crippen molar-refractivity contribution in [2.75, 3.05) is 24.9 Å². The third-order valence-corrected chi connectivity index (χ3v) is 6.43. The molecule has 1 aliphatic heterocycles. The number of methoxy groups -OCH3 is 2. The van der Waals surface area contributed by atoms with Crippen molar-refractivity contribution in [3.8, 4) is 11.5 Å². The molecule has 0 aromatic heterocycles. The number of phenols is 1. The molecule has 4 rings (SSSR count). The Labute approximate surface area is 188 Å². The number of aromatic hydroxyl groups is 1. The molecule has 3 atom stereocenters. The molecule has 1 heterocycles. The minimum absolute atomic E-state index is 0.0244. The van der Waals surface area contributed by atoms with Crippen molar-refractivity contribution in [2.24, 2.45) is 11.8 Å². The fraction of sp³-hybridized carbons (Fsp3) is 0.304. The van der Waals surface area contributed by atoms with Crippen LogP contribution in [0.2, 0.25) is 0 Å². The number of benzene rings is 2. The van der Waals surface area contributed by atoms with Crippen LogP contribution < -0.4 is 15.4 Å². The van der Waals surface area contributed by atoms with Gasteiger partial charge in [0.2, 0.25) is 0 Å². The standard InChI is InChI=1S/C23H23BrN2O5/c1-11-8-16-19(22(28)18(11)23(29)31-3)20(26-15-7-5-4-6-14(15)25-16)12-9-13(24)21(27)17(10-12)30-2/h4-7,9-11,18,20,25-27H,8H2,1-3H3/t11-,18+,20+/m1/s1. The molecule has 0 saturated heterocycles. The summed E-state index contributed by atoms with van der Waals surface area (Å²) in [5.74, 6) is -1.64. The highest BCUT2D eigenvalue weighted by atomic mass is 79.9. The molecule has 2 aromatic carbocycles. The molecule has 0 radical (unpaired) electrons. The number of hydrogen-bond acceptors (Lipinski definition) is 7. The van der Waals surface area contributed by atoms with Gasteiger partial charge in [-0.1, -0.05) is 19.1 Å². The summed E-state index contributed by atoms with van der Waals surface area (Å²) in [6.07, 6.45) is 0.518. The lowest BCUT2D eigenvalue weighted by Gasteiger charge is -2.32. The van der Waals surface area contributed by atoms with E-state index in [2.05, 4.69) is 26.6 Å². The maximum Gasteiger partial charge on any atom is 0.316 e. The Kier molecular flexibility index (Phi) is 5.66. The first-order valence-corrected chi connectivity index (χ1v) is 10.7. The van der Waals surface area contributed by atoms with Crippen molar-refractivity contribution in [1.82, 2.24) is 0 Å². The zero-order chi connectivity index (χ0) is 22.3. The smallest absolute Gasteiger partial charge is 0.316 e. The summed E-state index contributed by atoms with van der Waals surface area (Å²) in [6.45, 7) is 1.88. The van der Waals surface area contributed by atoms with Gasteiger partial charge in [-0.25, -0.2) is 0 Å². The molecule has 0 amide bonds. The predicted molar refractivity (Wildman–Crippen MR) is 120 cm³/mol. The lowest BCUT2D eigenvalue weighted by Crippen LogP contribution is -2.39. The summed E-state index contributed by atoms with van der Waals surface area (Å²) in [4.78, 5) is 26.1. The number of carbonyl (C=O) groups excluding carboxylic acids is 2. The summed E-state index contributed by atoms with van der Waals surface area (Å²) < 4.78 is 10.7. The van der Waals surface area contributed by atoms with Gasteiger partial charge >= 0.3 is 5.97 Å². The quantitative estimate of drug-likeness (QED) is 0.437. The zero-order valence-electron chi connectivity index (χ0n) is 17.4. The SMILES string of the molecule is COC(=O)[C@@H]1C(=O)C2=C(C[C@H]1C)Nc1ccccc1N[C@H]2c1cc(Br)c(O)c(OC)c1. The number of rotatable bonds is 3. The number of nitrogens with one attached hydrogen (secondary N) is 2. The van der Waals surface area contributed by atoms with E-state index in [4.69, 9.17) is 9.47 Å². The number of carbonyl (C=O) groups is 2. The molecule has 0 saturated carbocycles. The van der Waals surface area contributed by atoms with Gasteiger partial charge in [0.05, 0.1) is 36.1 Å². The lowest BCUT2D eigenvalue weighted by molar-refractivity contribution is -0.151. The molecule has 0 bridgehead atoms. The van der Waals surface area contributed by atoms with Crippen molar-refractivity contribution >= 4 is 39.1 Å². The number of fused-ring (bicyclic) bond motifs is 1. The van der Waals surface area contributed by atoms with Crippen LogP contribution in [0.4, 0.5) is 11.4 Å². The predicted octanol–water partition coefficient (Wildman–Crippen LogP) is 4.39. The van der Waals surface area contributed by atoms with Crippen molar-refractivity contribution in [3.63, 3.8) is 0 Å². The van der Waals surface area contributed by atoms with E-state index >= 15 is 0 Å². The highest BCUT2D eigenvalue weighted by Gasteiger charge is 2.44. The fourth-order valence-electron chi connectivity index (χ4n) is 4.30. The number of halogens is 1. The topological polar surface area (TPSA) is 96.9 Å². The van der Waals surface area contributed by atoms with E-state index in [0.29, 0.717) is 22.0 Å². The molecular formula is C23H23BrN2O5. The number of ketones is 1. The number of esters is 1. The average Bonchev–Trinajstić information content (AvgIpc) is 2.91. The summed E-state index contributed by atoms with van der Waals surface area (Å²) in [5.41, 5.74) is 3.62. The van der Waals surface area contributed by atoms with E-state index in [0.717, 1.165) is 17.1 Å². The number of Topliss-reactive ketones (excluding diaryl/α,β-unsaturated/α-hetero) is 1. The zero-order valence-corrected chi connectivity index (χ0v) is 18.9. The van der Waals surface area contributed by atoms with Gasteiger partial charge in [0.1, 0.15) is 5.92 Å². The first-order chi connectivity index (χ1) is 14.8. The Balaban J connectivity index is 1.91. The van der Waals surface area contributed by atoms with Crippen LogP contribution >= 0.6 is 15.9 Å². The average molecular weight is 487 g/mol. The Morgan fingerprint density at radius 1 is 1.19 bits per heavy atom. The van der Waals surface area contributed by atoms with Crippen LogP contribution in [0.5, 0.6) is 11.5 Å². The minimum Gasteiger partial charge on any atom is -0.503 e. The molecule has 8 heteroatoms. The van der Waals surface area contributed by atoms with Crippen molar-refractivity contribution in [1.29, 1.82) is 0 Å². The number of phenolic OH excluding ortho intramolecular Hbond substituents is 1. The number of ether oxygens (including phenoxy) is 2. The van der Waals surface area contributed by atoms with Gasteiger partial charge in [0.15, 0.2) is 17.3 Å². The van der Waals surface area contributed by atoms with Gasteiger partial charge in [0.25, 0.3) is 0 Å². The van der Waals surface area contributed by atoms with Crippen LogP contribution in [-0.4, -0.2) is 31.1 Å². The Hall–Kier alpha value is -3.00. The van der Waals surface area contributed by atoms with Gasteiger partial charge < -0.3 is 25.2 Å². The Morgan fingerprint density at radius 3 is 2.58 bits per heavy atom. The molecule has 3 N–H and O–H groups in total. The highest BCUT2D eigenvalue weighted by molar-refractivity contribution is 9.10. The molecule has 1 aliphatic carbocycles. The molecule has 7 nitrogen and oxygen atoms in total. The molecule has 2 aromatic rings. The molecule has 0 unspecified atom stereocenters. The number of para-hydroxylation sites is 2. The summed E-state index contributed by atoms with van der Waals surface area (Å²) in [7, 11) is 2.76. The summed E-state index contributed by atoms with van der Waals surface area (Å²) in [6, 6.07) is 10.5. The van der Waals surface area contributed by atoms with E-state index in [9.17, 15) is 14.7 Å². The van der Waals surface area contributed by atoms with Gasteiger partial charge in [-0.3, -0.25) is 9.59 Å². The second kappa shape index (κ2) is 8.26. The second-order valence-electron chi connectivity index (χ2n) is 7.74. The van der Waals surface area contributed by atoms with E-state index < -0.39 is 17.9 Å². The highest BCUT2D eigenvalue weighted by Crippen LogP contribution is 2.46. The normalized spacial score (nSPS) is 22.5. The molecule has 162 valence electrons. The van der Waals surface area contributed by atoms with Crippen LogP contribution in [0.1, 0.15) is 24.9 Å². The van der Waals surface area contributed by atoms with Crippen LogP contribution in [0.3, 0.4) is 0 Å². The van der Waals surface area contributed by atoms with Gasteiger partial charge in [-0.05, 0) is 58.1 Å². The third-order valence-electron chi connectivity index (χ3n) is 5.83. The number of anilines is 2. The van der Waals surface area contributed by atoms with E-state index in [1.54, 1.807) is 12.1 Å². The van der Waals surface area contributed by atoms with Crippen LogP contribution in [0.15, 0.2) is 52.1 Å². The van der Waals surface area contributed by atoms with Crippen molar-refractivity contribution in [2.45, 2.75) is 19.4 Å². The Morgan fingerprint density at radius 2 is 1.90 bits per heavy atom. The molecule has 0 fully saturated rings. The second-order valence-corrected chi connectivity index (χ2v) is 8.59. The number of allylic oxidation sites excluding steroid dienone is 1. The van der Waals surface area contributed by atoms with Gasteiger partial charge in [0, 0.05) is 11.3 Å². The monoisotopic (exact) mass is 486 g/mol. The van der Waals surface area contributed by atoms with Gasteiger partial charge in [-0.2, -0.15) is 0 Å². The number of hydrogen-bond donors (Lipinski definition) is 3. The Bertz CT molecular complexity index is 1100. The molecule has 0 spiro atoms. The maximum atomic E-state index is 13.6. The van der Waals surface area contributed by atoms with Crippen LogP contribution in [0.25, 0.3) is 0 Å². The maximum absolute atomic E-state index is 13.6. The van der Waals surface area contributed by atoms with Crippen molar-refractivity contribution < 1.29 is 24.2 Å². The largest absolute Gasteiger partial charge is 0.503 e. The van der Waals surface area contributed by atoms with Crippen molar-refractivity contribution in [3.05, 3.63) is 57.7 Å². The van der Waals surface area contributed by atoms with Crippen LogP contribution in [0, 0.1) is 11.8 Å². The first kappa shape index (κ1) is 21.2. The fourth-order valence-corrected chi connectivity index (χ4v) is 4.76. The molecule has 2 aliphatic rings. The summed E-state index contributed by atoms with van der Waals surface area (Å²) in [5, 5.41) is 17.1. The lowest BCUT2D eigenvalue weighted by atomic mass is 9.75. The first-order valence-electron chi connectivity index (χ1n) is 9.89. The third kappa shape index (κ3) is 3.65. The van der Waals surface area contributed by atoms with E-state index in [1.165, 1.54) is 14.2 Å². The molecule has 31 heavy (non-hydrogen) atoms. The molecular weight excluding hydrogens is 464 g/mol.